The smallest absolute Gasteiger partial charge is 0.118 e. The van der Waals surface area contributed by atoms with Crippen LogP contribution in [0.25, 0.3) is 11.6 Å². The zero-order valence-corrected chi connectivity index (χ0v) is 15.9. The highest BCUT2D eigenvalue weighted by Crippen LogP contribution is 2.20. The van der Waals surface area contributed by atoms with Crippen LogP contribution in [0.4, 0.5) is 0 Å². The maximum Gasteiger partial charge on any atom is 0.118 e. The summed E-state index contributed by atoms with van der Waals surface area (Å²) in [6, 6.07) is 37.9. The number of benzene rings is 4. The lowest BCUT2D eigenvalue weighted by Crippen LogP contribution is -2.27. The van der Waals surface area contributed by atoms with E-state index in [1.165, 1.54) is 27.1 Å². The molecule has 0 spiro atoms. The van der Waals surface area contributed by atoms with Gasteiger partial charge in [-0.1, -0.05) is 97.1 Å². The molecule has 0 unspecified atom stereocenters. The summed E-state index contributed by atoms with van der Waals surface area (Å²) in [4.78, 5) is 0. The number of ether oxygens (including phenoxy) is 1. The minimum Gasteiger partial charge on any atom is -0.497 e. The largest absolute Gasteiger partial charge is 0.497 e. The Bertz CT molecular complexity index is 1120. The molecule has 4 rings (SSSR count). The zero-order valence-electron chi connectivity index (χ0n) is 15.9. The Morgan fingerprint density at radius 2 is 1.14 bits per heavy atom. The Balaban J connectivity index is 2.01. The standard InChI is InChI=1S/C27H22O/c1-28-25-18-16-21(17-19-25)20-24-14-8-9-15-26(24)27(22-10-4-2-5-11-22)23-12-6-3-7-13-23/h2-20H,1H3/b24-20+. The SMILES string of the molecule is COc1ccc(/C=c2\ccccc2=C(c2ccccc2)c2ccccc2)cc1. The number of hydrogen-bond donors (Lipinski definition) is 0. The summed E-state index contributed by atoms with van der Waals surface area (Å²) in [6.45, 7) is 0. The molecular weight excluding hydrogens is 340 g/mol. The van der Waals surface area contributed by atoms with Crippen molar-refractivity contribution in [2.45, 2.75) is 0 Å². The number of rotatable bonds is 4. The van der Waals surface area contributed by atoms with E-state index in [4.69, 9.17) is 4.74 Å². The van der Waals surface area contributed by atoms with Gasteiger partial charge in [0.25, 0.3) is 0 Å². The fourth-order valence-electron chi connectivity index (χ4n) is 3.42. The molecule has 0 N–H and O–H groups in total. The first kappa shape index (κ1) is 17.8. The Hall–Kier alpha value is -3.58. The lowest BCUT2D eigenvalue weighted by Gasteiger charge is -2.09. The lowest BCUT2D eigenvalue weighted by molar-refractivity contribution is 0.415. The highest BCUT2D eigenvalue weighted by Gasteiger charge is 2.06. The van der Waals surface area contributed by atoms with Crippen molar-refractivity contribution in [3.63, 3.8) is 0 Å². The van der Waals surface area contributed by atoms with E-state index < -0.39 is 0 Å². The van der Waals surface area contributed by atoms with Crippen LogP contribution in [-0.4, -0.2) is 7.11 Å². The normalized spacial score (nSPS) is 11.2. The number of methoxy groups -OCH3 is 1. The first-order chi connectivity index (χ1) is 13.8. The summed E-state index contributed by atoms with van der Waals surface area (Å²) in [5, 5.41) is 2.41. The molecule has 0 aliphatic rings. The Morgan fingerprint density at radius 1 is 0.607 bits per heavy atom. The first-order valence-electron chi connectivity index (χ1n) is 9.41. The Labute approximate surface area is 165 Å². The minimum absolute atomic E-state index is 0.867. The average molecular weight is 362 g/mol. The molecule has 28 heavy (non-hydrogen) atoms. The van der Waals surface area contributed by atoms with E-state index in [9.17, 15) is 0 Å². The van der Waals surface area contributed by atoms with Crippen LogP contribution in [0, 0.1) is 0 Å². The second-order valence-electron chi connectivity index (χ2n) is 6.61. The number of hydrogen-bond acceptors (Lipinski definition) is 1. The van der Waals surface area contributed by atoms with Gasteiger partial charge in [-0.25, -0.2) is 0 Å². The molecule has 0 saturated heterocycles. The predicted octanol–water partition coefficient (Wildman–Crippen LogP) is 4.77. The summed E-state index contributed by atoms with van der Waals surface area (Å²) < 4.78 is 5.28. The molecule has 0 aliphatic heterocycles. The van der Waals surface area contributed by atoms with Crippen LogP contribution in [0.1, 0.15) is 16.7 Å². The van der Waals surface area contributed by atoms with E-state index >= 15 is 0 Å². The fourth-order valence-corrected chi connectivity index (χ4v) is 3.42. The van der Waals surface area contributed by atoms with Gasteiger partial charge in [0.15, 0.2) is 0 Å². The van der Waals surface area contributed by atoms with E-state index in [0.29, 0.717) is 0 Å². The summed E-state index contributed by atoms with van der Waals surface area (Å²) in [6.07, 6.45) is 2.22. The molecule has 4 aromatic rings. The molecule has 0 atom stereocenters. The van der Waals surface area contributed by atoms with Crippen LogP contribution in [-0.2, 0) is 0 Å². The molecule has 0 heterocycles. The molecule has 1 nitrogen and oxygen atoms in total. The zero-order chi connectivity index (χ0) is 19.2. The van der Waals surface area contributed by atoms with Crippen LogP contribution in [0.3, 0.4) is 0 Å². The van der Waals surface area contributed by atoms with Gasteiger partial charge in [0, 0.05) is 0 Å². The van der Waals surface area contributed by atoms with Crippen molar-refractivity contribution in [2.75, 3.05) is 7.11 Å². The van der Waals surface area contributed by atoms with Gasteiger partial charge in [-0.2, -0.15) is 0 Å². The van der Waals surface area contributed by atoms with Crippen LogP contribution < -0.4 is 15.2 Å². The molecular formula is C27H22O. The molecule has 1 heteroatoms. The third-order valence-corrected chi connectivity index (χ3v) is 4.79. The van der Waals surface area contributed by atoms with Crippen LogP contribution in [0.2, 0.25) is 0 Å². The minimum atomic E-state index is 0.867. The Morgan fingerprint density at radius 3 is 1.71 bits per heavy atom. The molecule has 0 amide bonds. The topological polar surface area (TPSA) is 9.23 Å². The van der Waals surface area contributed by atoms with Gasteiger partial charge in [0.05, 0.1) is 7.11 Å². The third-order valence-electron chi connectivity index (χ3n) is 4.79. The molecule has 0 fully saturated rings. The lowest BCUT2D eigenvalue weighted by atomic mass is 9.94. The van der Waals surface area contributed by atoms with Crippen molar-refractivity contribution in [1.82, 2.24) is 0 Å². The molecule has 136 valence electrons. The first-order valence-corrected chi connectivity index (χ1v) is 9.41. The highest BCUT2D eigenvalue weighted by molar-refractivity contribution is 5.79. The van der Waals surface area contributed by atoms with E-state index in [1.807, 2.05) is 12.1 Å². The van der Waals surface area contributed by atoms with Crippen molar-refractivity contribution >= 4 is 11.6 Å². The van der Waals surface area contributed by atoms with Crippen molar-refractivity contribution in [1.29, 1.82) is 0 Å². The molecule has 0 aliphatic carbocycles. The van der Waals surface area contributed by atoms with Gasteiger partial charge in [-0.3, -0.25) is 0 Å². The molecule has 0 aromatic heterocycles. The van der Waals surface area contributed by atoms with Gasteiger partial charge >= 0.3 is 0 Å². The van der Waals surface area contributed by atoms with Crippen LogP contribution >= 0.6 is 0 Å². The molecule has 0 saturated carbocycles. The third kappa shape index (κ3) is 3.89. The monoisotopic (exact) mass is 362 g/mol. The molecule has 0 radical (unpaired) electrons. The molecule has 0 bridgehead atoms. The highest BCUT2D eigenvalue weighted by atomic mass is 16.5. The van der Waals surface area contributed by atoms with Gasteiger partial charge in [0.1, 0.15) is 5.75 Å². The van der Waals surface area contributed by atoms with Crippen molar-refractivity contribution in [2.24, 2.45) is 0 Å². The van der Waals surface area contributed by atoms with Crippen LogP contribution in [0.15, 0.2) is 109 Å². The predicted molar refractivity (Wildman–Crippen MR) is 117 cm³/mol. The Kier molecular flexibility index (Phi) is 5.35. The van der Waals surface area contributed by atoms with Gasteiger partial charge < -0.3 is 4.74 Å². The maximum absolute atomic E-state index is 5.28. The summed E-state index contributed by atoms with van der Waals surface area (Å²) in [5.74, 6) is 0.867. The second kappa shape index (κ2) is 8.41. The van der Waals surface area contributed by atoms with Crippen LogP contribution in [0.5, 0.6) is 5.75 Å². The maximum atomic E-state index is 5.28. The fraction of sp³-hybridized carbons (Fsp3) is 0.0370. The van der Waals surface area contributed by atoms with Crippen molar-refractivity contribution in [3.05, 3.63) is 136 Å². The van der Waals surface area contributed by atoms with E-state index in [-0.39, 0.29) is 0 Å². The average Bonchev–Trinajstić information content (AvgIpc) is 2.77. The second-order valence-corrected chi connectivity index (χ2v) is 6.61. The summed E-state index contributed by atoms with van der Waals surface area (Å²) in [7, 11) is 1.69. The van der Waals surface area contributed by atoms with Crippen molar-refractivity contribution in [3.8, 4) is 5.75 Å². The summed E-state index contributed by atoms with van der Waals surface area (Å²) >= 11 is 0. The van der Waals surface area contributed by atoms with Crippen molar-refractivity contribution < 1.29 is 4.74 Å². The van der Waals surface area contributed by atoms with Gasteiger partial charge in [-0.15, -0.1) is 0 Å². The van der Waals surface area contributed by atoms with E-state index in [0.717, 1.165) is 11.3 Å². The summed E-state index contributed by atoms with van der Waals surface area (Å²) in [5.41, 5.74) is 4.81. The van der Waals surface area contributed by atoms with Gasteiger partial charge in [-0.05, 0) is 50.9 Å². The molecule has 4 aromatic carbocycles. The van der Waals surface area contributed by atoms with E-state index in [2.05, 4.69) is 103 Å². The van der Waals surface area contributed by atoms with E-state index in [1.54, 1.807) is 7.11 Å². The van der Waals surface area contributed by atoms with Gasteiger partial charge in [0.2, 0.25) is 0 Å². The quantitative estimate of drug-likeness (QED) is 0.508.